The minimum Gasteiger partial charge on any atom is -0.458 e. The summed E-state index contributed by atoms with van der Waals surface area (Å²) in [6.45, 7) is 0. The lowest BCUT2D eigenvalue weighted by Gasteiger charge is -2.17. The summed E-state index contributed by atoms with van der Waals surface area (Å²) >= 11 is 0. The Kier molecular flexibility index (Phi) is 5.72. The lowest BCUT2D eigenvalue weighted by atomic mass is 10.0. The number of nitrogens with zero attached hydrogens (tertiary/aromatic N) is 2. The van der Waals surface area contributed by atoms with Crippen molar-refractivity contribution in [2.45, 2.75) is 24.8 Å². The summed E-state index contributed by atoms with van der Waals surface area (Å²) in [6, 6.07) is 20.6. The first-order chi connectivity index (χ1) is 18.4. The molecule has 0 saturated heterocycles. The molecule has 0 spiro atoms. The maximum atomic E-state index is 13.3. The van der Waals surface area contributed by atoms with Crippen LogP contribution in [0, 0.1) is 5.82 Å². The lowest BCUT2D eigenvalue weighted by Crippen LogP contribution is -2.35. The van der Waals surface area contributed by atoms with Crippen LogP contribution in [0.25, 0.3) is 22.2 Å². The molecule has 2 aromatic carbocycles. The van der Waals surface area contributed by atoms with E-state index in [0.29, 0.717) is 33.6 Å². The van der Waals surface area contributed by atoms with Crippen molar-refractivity contribution in [2.24, 2.45) is 5.73 Å². The Morgan fingerprint density at radius 1 is 1.00 bits per heavy atom. The number of nitrogens with one attached hydrogen (secondary N) is 1. The smallest absolute Gasteiger partial charge is 0.252 e. The highest BCUT2D eigenvalue weighted by Crippen LogP contribution is 2.44. The predicted octanol–water partition coefficient (Wildman–Crippen LogP) is 5.14. The number of amides is 2. The van der Waals surface area contributed by atoms with Crippen LogP contribution in [0.1, 0.15) is 50.6 Å². The van der Waals surface area contributed by atoms with Gasteiger partial charge in [0.2, 0.25) is 0 Å². The second kappa shape index (κ2) is 9.23. The Morgan fingerprint density at radius 2 is 1.82 bits per heavy atom. The summed E-state index contributed by atoms with van der Waals surface area (Å²) in [5.74, 6) is -0.785. The van der Waals surface area contributed by atoms with Crippen LogP contribution in [-0.4, -0.2) is 21.8 Å². The standard InChI is InChI=1S/C30H23FN4O3/c31-21-9-7-18(8-10-21)14-24-27(28(32)36)22-16-23(34-17-25(22)38-24)19-4-3-5-20(15-19)29(37)35-30(11-12-30)26-6-1-2-13-33-26/h1-10,13,15-17H,11-12,14H2,(H2,32,36)(H,35,37). The fraction of sp³-hybridized carbons (Fsp3) is 0.133. The molecule has 0 radical (unpaired) electrons. The summed E-state index contributed by atoms with van der Waals surface area (Å²) in [5, 5.41) is 3.67. The number of furan rings is 1. The largest absolute Gasteiger partial charge is 0.458 e. The van der Waals surface area contributed by atoms with Crippen molar-refractivity contribution in [1.82, 2.24) is 15.3 Å². The zero-order valence-electron chi connectivity index (χ0n) is 20.3. The Labute approximate surface area is 217 Å². The number of carbonyl (C=O) groups is 2. The van der Waals surface area contributed by atoms with Gasteiger partial charge in [-0.25, -0.2) is 4.39 Å². The van der Waals surface area contributed by atoms with Gasteiger partial charge in [0.1, 0.15) is 11.6 Å². The van der Waals surface area contributed by atoms with E-state index in [-0.39, 0.29) is 23.7 Å². The van der Waals surface area contributed by atoms with Gasteiger partial charge in [0.25, 0.3) is 11.8 Å². The van der Waals surface area contributed by atoms with Crippen LogP contribution in [0.2, 0.25) is 0 Å². The Bertz CT molecular complexity index is 1680. The number of fused-ring (bicyclic) bond motifs is 1. The van der Waals surface area contributed by atoms with E-state index >= 15 is 0 Å². The van der Waals surface area contributed by atoms with Crippen molar-refractivity contribution in [3.63, 3.8) is 0 Å². The molecule has 7 nitrogen and oxygen atoms in total. The Morgan fingerprint density at radius 3 is 2.53 bits per heavy atom. The minimum absolute atomic E-state index is 0.196. The molecule has 3 heterocycles. The van der Waals surface area contributed by atoms with E-state index < -0.39 is 11.4 Å². The highest BCUT2D eigenvalue weighted by atomic mass is 19.1. The zero-order chi connectivity index (χ0) is 26.3. The summed E-state index contributed by atoms with van der Waals surface area (Å²) in [5.41, 5.74) is 9.37. The first-order valence-electron chi connectivity index (χ1n) is 12.2. The van der Waals surface area contributed by atoms with Gasteiger partial charge < -0.3 is 15.5 Å². The van der Waals surface area contributed by atoms with E-state index in [2.05, 4.69) is 15.3 Å². The van der Waals surface area contributed by atoms with Gasteiger partial charge >= 0.3 is 0 Å². The van der Waals surface area contributed by atoms with Crippen LogP contribution in [-0.2, 0) is 12.0 Å². The van der Waals surface area contributed by atoms with E-state index in [4.69, 9.17) is 10.2 Å². The molecule has 8 heteroatoms. The number of carbonyl (C=O) groups excluding carboxylic acids is 2. The highest BCUT2D eigenvalue weighted by molar-refractivity contribution is 6.07. The quantitative estimate of drug-likeness (QED) is 0.318. The molecule has 0 atom stereocenters. The van der Waals surface area contributed by atoms with Crippen LogP contribution in [0.15, 0.2) is 89.6 Å². The third kappa shape index (κ3) is 4.41. The molecule has 2 amide bonds. The Hall–Kier alpha value is -4.85. The number of benzene rings is 2. The maximum Gasteiger partial charge on any atom is 0.252 e. The molecule has 0 bridgehead atoms. The molecule has 0 aliphatic heterocycles. The van der Waals surface area contributed by atoms with Gasteiger partial charge in [-0.2, -0.15) is 0 Å². The van der Waals surface area contributed by atoms with Gasteiger partial charge in [0.05, 0.1) is 28.7 Å². The normalized spacial score (nSPS) is 13.8. The monoisotopic (exact) mass is 506 g/mol. The number of hydrogen-bond donors (Lipinski definition) is 2. The lowest BCUT2D eigenvalue weighted by molar-refractivity contribution is 0.0928. The SMILES string of the molecule is NC(=O)c1c(Cc2ccc(F)cc2)oc2cnc(-c3cccc(C(=O)NC4(c5ccccn5)CC4)c3)cc12. The third-order valence-corrected chi connectivity index (χ3v) is 6.85. The van der Waals surface area contributed by atoms with E-state index in [0.717, 1.165) is 24.1 Å². The number of pyridine rings is 2. The number of primary amides is 1. The van der Waals surface area contributed by atoms with Crippen LogP contribution >= 0.6 is 0 Å². The molecular formula is C30H23FN4O3. The predicted molar refractivity (Wildman–Crippen MR) is 140 cm³/mol. The number of nitrogens with two attached hydrogens (primary N) is 1. The summed E-state index contributed by atoms with van der Waals surface area (Å²) in [4.78, 5) is 34.5. The molecule has 5 aromatic rings. The molecule has 1 aliphatic carbocycles. The molecule has 1 fully saturated rings. The molecule has 188 valence electrons. The molecule has 6 rings (SSSR count). The first kappa shape index (κ1) is 23.5. The highest BCUT2D eigenvalue weighted by Gasteiger charge is 2.47. The van der Waals surface area contributed by atoms with Crippen molar-refractivity contribution >= 4 is 22.8 Å². The number of halogens is 1. The van der Waals surface area contributed by atoms with Crippen molar-refractivity contribution in [3.05, 3.63) is 119 Å². The van der Waals surface area contributed by atoms with Gasteiger partial charge in [0, 0.05) is 29.1 Å². The van der Waals surface area contributed by atoms with Crippen molar-refractivity contribution in [3.8, 4) is 11.3 Å². The maximum absolute atomic E-state index is 13.3. The van der Waals surface area contributed by atoms with E-state index in [1.165, 1.54) is 18.3 Å². The molecule has 3 N–H and O–H groups in total. The second-order valence-corrected chi connectivity index (χ2v) is 9.47. The summed E-state index contributed by atoms with van der Waals surface area (Å²) < 4.78 is 19.2. The molecule has 1 aliphatic rings. The summed E-state index contributed by atoms with van der Waals surface area (Å²) in [6.07, 6.45) is 5.22. The van der Waals surface area contributed by atoms with Gasteiger partial charge in [-0.15, -0.1) is 0 Å². The van der Waals surface area contributed by atoms with Crippen LogP contribution in [0.5, 0.6) is 0 Å². The van der Waals surface area contributed by atoms with Crippen molar-refractivity contribution in [1.29, 1.82) is 0 Å². The average Bonchev–Trinajstić information content (AvgIpc) is 3.62. The molecule has 38 heavy (non-hydrogen) atoms. The van der Waals surface area contributed by atoms with Gasteiger partial charge in [-0.05, 0) is 60.9 Å². The zero-order valence-corrected chi connectivity index (χ0v) is 20.3. The fourth-order valence-corrected chi connectivity index (χ4v) is 4.72. The van der Waals surface area contributed by atoms with Crippen molar-refractivity contribution < 1.29 is 18.4 Å². The van der Waals surface area contributed by atoms with Gasteiger partial charge in [-0.1, -0.05) is 30.3 Å². The van der Waals surface area contributed by atoms with Crippen LogP contribution in [0.3, 0.4) is 0 Å². The molecular weight excluding hydrogens is 483 g/mol. The fourth-order valence-electron chi connectivity index (χ4n) is 4.72. The molecule has 3 aromatic heterocycles. The third-order valence-electron chi connectivity index (χ3n) is 6.85. The average molecular weight is 507 g/mol. The van der Waals surface area contributed by atoms with Gasteiger partial charge in [-0.3, -0.25) is 19.6 Å². The van der Waals surface area contributed by atoms with Crippen molar-refractivity contribution in [2.75, 3.05) is 0 Å². The number of hydrogen-bond acceptors (Lipinski definition) is 5. The minimum atomic E-state index is -0.629. The molecule has 1 saturated carbocycles. The first-order valence-corrected chi connectivity index (χ1v) is 12.2. The second-order valence-electron chi connectivity index (χ2n) is 9.47. The summed E-state index contributed by atoms with van der Waals surface area (Å²) in [7, 11) is 0. The van der Waals surface area contributed by atoms with Crippen LogP contribution in [0.4, 0.5) is 4.39 Å². The molecule has 0 unspecified atom stereocenters. The number of rotatable bonds is 7. The van der Waals surface area contributed by atoms with E-state index in [1.54, 1.807) is 42.6 Å². The topological polar surface area (TPSA) is 111 Å². The number of aromatic nitrogens is 2. The van der Waals surface area contributed by atoms with Crippen LogP contribution < -0.4 is 11.1 Å². The van der Waals surface area contributed by atoms with E-state index in [1.807, 2.05) is 24.3 Å². The van der Waals surface area contributed by atoms with Gasteiger partial charge in [0.15, 0.2) is 5.58 Å². The van der Waals surface area contributed by atoms with E-state index in [9.17, 15) is 14.0 Å². The Balaban J connectivity index is 1.31.